The molecule has 0 amide bonds. The summed E-state index contributed by atoms with van der Waals surface area (Å²) >= 11 is 0. The number of rotatable bonds is 4. The molecule has 2 N–H and O–H groups in total. The molecule has 2 aromatic rings. The molecule has 1 heterocycles. The first-order valence-electron chi connectivity index (χ1n) is 9.14. The summed E-state index contributed by atoms with van der Waals surface area (Å²) in [6.07, 6.45) is 2.23. The van der Waals surface area contributed by atoms with E-state index in [1.165, 1.54) is 34.4 Å². The van der Waals surface area contributed by atoms with Crippen LogP contribution in [-0.4, -0.2) is 6.54 Å². The third-order valence-corrected chi connectivity index (χ3v) is 5.42. The molecule has 0 bridgehead atoms. The molecule has 1 atom stereocenters. The minimum Gasteiger partial charge on any atom is -0.367 e. The van der Waals surface area contributed by atoms with Crippen LogP contribution in [0.15, 0.2) is 42.5 Å². The molecule has 1 aliphatic heterocycles. The lowest BCUT2D eigenvalue weighted by molar-refractivity contribution is 0.451. The predicted octanol–water partition coefficient (Wildman–Crippen LogP) is 4.96. The third kappa shape index (κ3) is 3.21. The maximum absolute atomic E-state index is 6.27. The molecule has 0 aromatic heterocycles. The molecule has 0 radical (unpaired) electrons. The Morgan fingerprint density at radius 3 is 2.50 bits per heavy atom. The normalized spacial score (nSPS) is 17.5. The van der Waals surface area contributed by atoms with E-state index in [1.54, 1.807) is 0 Å². The van der Waals surface area contributed by atoms with Crippen molar-refractivity contribution in [1.82, 2.24) is 0 Å². The predicted molar refractivity (Wildman–Crippen MR) is 104 cm³/mol. The lowest BCUT2D eigenvalue weighted by Crippen LogP contribution is -2.37. The quantitative estimate of drug-likeness (QED) is 0.862. The maximum atomic E-state index is 6.27. The largest absolute Gasteiger partial charge is 0.367 e. The molecule has 0 saturated carbocycles. The van der Waals surface area contributed by atoms with Crippen molar-refractivity contribution in [2.45, 2.75) is 58.5 Å². The van der Waals surface area contributed by atoms with E-state index in [4.69, 9.17) is 5.73 Å². The van der Waals surface area contributed by atoms with Crippen LogP contribution in [0.4, 0.5) is 5.69 Å². The highest BCUT2D eigenvalue weighted by Crippen LogP contribution is 2.42. The first-order valence-corrected chi connectivity index (χ1v) is 9.14. The molecule has 3 rings (SSSR count). The number of aryl methyl sites for hydroxylation is 1. The van der Waals surface area contributed by atoms with Crippen LogP contribution >= 0.6 is 0 Å². The highest BCUT2D eigenvalue weighted by molar-refractivity contribution is 5.63. The Bertz CT molecular complexity index is 701. The van der Waals surface area contributed by atoms with Crippen molar-refractivity contribution in [2.24, 2.45) is 5.73 Å². The number of fused-ring (bicyclic) bond motifs is 1. The molecule has 0 fully saturated rings. The van der Waals surface area contributed by atoms with Crippen LogP contribution < -0.4 is 10.6 Å². The lowest BCUT2D eigenvalue weighted by Gasteiger charge is -2.41. The van der Waals surface area contributed by atoms with Gasteiger partial charge in [-0.2, -0.15) is 0 Å². The Morgan fingerprint density at radius 1 is 1.17 bits per heavy atom. The topological polar surface area (TPSA) is 29.3 Å². The molecule has 128 valence electrons. The highest BCUT2D eigenvalue weighted by Gasteiger charge is 2.32. The van der Waals surface area contributed by atoms with Crippen LogP contribution in [-0.2, 0) is 18.4 Å². The second-order valence-corrected chi connectivity index (χ2v) is 7.75. The number of benzene rings is 2. The molecule has 0 aliphatic carbocycles. The molecule has 1 aliphatic rings. The van der Waals surface area contributed by atoms with Gasteiger partial charge < -0.3 is 10.6 Å². The van der Waals surface area contributed by atoms with E-state index in [0.717, 1.165) is 19.5 Å². The van der Waals surface area contributed by atoms with E-state index >= 15 is 0 Å². The molecule has 24 heavy (non-hydrogen) atoms. The Balaban J connectivity index is 2.06. The molecule has 0 spiro atoms. The fourth-order valence-electron chi connectivity index (χ4n) is 3.82. The van der Waals surface area contributed by atoms with Gasteiger partial charge in [-0.05, 0) is 53.5 Å². The molecule has 0 saturated heterocycles. The molecule has 2 aromatic carbocycles. The van der Waals surface area contributed by atoms with Gasteiger partial charge in [0.15, 0.2) is 0 Å². The Labute approximate surface area is 146 Å². The summed E-state index contributed by atoms with van der Waals surface area (Å²) in [4.78, 5) is 2.53. The number of hydrogen-bond donors (Lipinski definition) is 1. The second-order valence-electron chi connectivity index (χ2n) is 7.75. The maximum Gasteiger partial charge on any atom is 0.0429 e. The molecule has 2 nitrogen and oxygen atoms in total. The molecule has 2 heteroatoms. The average Bonchev–Trinajstić information content (AvgIpc) is 2.57. The first-order chi connectivity index (χ1) is 11.4. The van der Waals surface area contributed by atoms with Gasteiger partial charge in [0.05, 0.1) is 0 Å². The van der Waals surface area contributed by atoms with E-state index in [2.05, 4.69) is 75.1 Å². The van der Waals surface area contributed by atoms with Crippen molar-refractivity contribution in [3.63, 3.8) is 0 Å². The summed E-state index contributed by atoms with van der Waals surface area (Å²) in [6, 6.07) is 15.6. The van der Waals surface area contributed by atoms with Gasteiger partial charge in [-0.3, -0.25) is 0 Å². The minimum atomic E-state index is 0.0777. The monoisotopic (exact) mass is 322 g/mol. The van der Waals surface area contributed by atoms with Crippen molar-refractivity contribution < 1.29 is 0 Å². The Morgan fingerprint density at radius 2 is 1.88 bits per heavy atom. The van der Waals surface area contributed by atoms with Crippen molar-refractivity contribution in [3.8, 4) is 0 Å². The van der Waals surface area contributed by atoms with Gasteiger partial charge in [0.1, 0.15) is 0 Å². The standard InChI is InChI=1S/C22H30N2/c1-5-18-13-20-21(14-19(18)16(2)23)24(12-11-22(20,3)4)15-17-9-7-6-8-10-17/h6-10,13-14,16H,5,11-12,15,23H2,1-4H3/t16-/m0/s1. The number of nitrogens with zero attached hydrogens (tertiary/aromatic N) is 1. The van der Waals surface area contributed by atoms with Gasteiger partial charge in [-0.25, -0.2) is 0 Å². The van der Waals surface area contributed by atoms with Gasteiger partial charge in [0.2, 0.25) is 0 Å². The highest BCUT2D eigenvalue weighted by atomic mass is 15.1. The minimum absolute atomic E-state index is 0.0777. The van der Waals surface area contributed by atoms with Crippen molar-refractivity contribution >= 4 is 5.69 Å². The first kappa shape index (κ1) is 17.0. The van der Waals surface area contributed by atoms with Gasteiger partial charge in [0, 0.05) is 24.8 Å². The van der Waals surface area contributed by atoms with E-state index in [0.29, 0.717) is 0 Å². The van der Waals surface area contributed by atoms with Crippen molar-refractivity contribution in [2.75, 3.05) is 11.4 Å². The van der Waals surface area contributed by atoms with Crippen LogP contribution in [0.1, 0.15) is 62.4 Å². The molecular formula is C22H30N2. The van der Waals surface area contributed by atoms with E-state index in [1.807, 2.05) is 0 Å². The fourth-order valence-corrected chi connectivity index (χ4v) is 3.82. The van der Waals surface area contributed by atoms with Crippen LogP contribution in [0.3, 0.4) is 0 Å². The zero-order valence-corrected chi connectivity index (χ0v) is 15.5. The summed E-state index contributed by atoms with van der Waals surface area (Å²) in [7, 11) is 0. The zero-order chi connectivity index (χ0) is 17.3. The summed E-state index contributed by atoms with van der Waals surface area (Å²) < 4.78 is 0. The summed E-state index contributed by atoms with van der Waals surface area (Å²) in [5.41, 5.74) is 13.4. The lowest BCUT2D eigenvalue weighted by atomic mass is 9.75. The van der Waals surface area contributed by atoms with Crippen molar-refractivity contribution in [3.05, 3.63) is 64.7 Å². The van der Waals surface area contributed by atoms with Crippen LogP contribution in [0.25, 0.3) is 0 Å². The van der Waals surface area contributed by atoms with Gasteiger partial charge in [-0.15, -0.1) is 0 Å². The van der Waals surface area contributed by atoms with Gasteiger partial charge in [0.25, 0.3) is 0 Å². The number of anilines is 1. The smallest absolute Gasteiger partial charge is 0.0429 e. The van der Waals surface area contributed by atoms with E-state index in [-0.39, 0.29) is 11.5 Å². The molecular weight excluding hydrogens is 292 g/mol. The summed E-state index contributed by atoms with van der Waals surface area (Å²) in [5, 5.41) is 0. The molecule has 0 unspecified atom stereocenters. The zero-order valence-electron chi connectivity index (χ0n) is 15.5. The summed E-state index contributed by atoms with van der Waals surface area (Å²) in [5.74, 6) is 0. The van der Waals surface area contributed by atoms with Gasteiger partial charge >= 0.3 is 0 Å². The number of nitrogens with two attached hydrogens (primary N) is 1. The third-order valence-electron chi connectivity index (χ3n) is 5.42. The van der Waals surface area contributed by atoms with Gasteiger partial charge in [-0.1, -0.05) is 57.2 Å². The second kappa shape index (κ2) is 6.60. The number of hydrogen-bond acceptors (Lipinski definition) is 2. The van der Waals surface area contributed by atoms with Crippen LogP contribution in [0, 0.1) is 0 Å². The van der Waals surface area contributed by atoms with Crippen molar-refractivity contribution in [1.29, 1.82) is 0 Å². The van der Waals surface area contributed by atoms with E-state index in [9.17, 15) is 0 Å². The summed E-state index contributed by atoms with van der Waals surface area (Å²) in [6.45, 7) is 11.1. The Hall–Kier alpha value is -1.80. The Kier molecular flexibility index (Phi) is 4.69. The van der Waals surface area contributed by atoms with E-state index < -0.39 is 0 Å². The van der Waals surface area contributed by atoms with Crippen LogP contribution in [0.5, 0.6) is 0 Å². The van der Waals surface area contributed by atoms with Crippen LogP contribution in [0.2, 0.25) is 0 Å². The SMILES string of the molecule is CCc1cc2c(cc1[C@H](C)N)N(Cc1ccccc1)CCC2(C)C. The fraction of sp³-hybridized carbons (Fsp3) is 0.455. The average molecular weight is 322 g/mol.